The number of anilines is 1. The summed E-state index contributed by atoms with van der Waals surface area (Å²) in [4.78, 5) is 9.40. The van der Waals surface area contributed by atoms with Crippen molar-refractivity contribution in [3.05, 3.63) is 28.3 Å². The second-order valence-electron chi connectivity index (χ2n) is 3.67. The van der Waals surface area contributed by atoms with Gasteiger partial charge in [-0.25, -0.2) is 13.1 Å². The number of sulfonamides is 1. The van der Waals surface area contributed by atoms with E-state index in [0.717, 1.165) is 18.2 Å². The van der Waals surface area contributed by atoms with Gasteiger partial charge in [0.25, 0.3) is 5.69 Å². The van der Waals surface area contributed by atoms with Gasteiger partial charge in [-0.2, -0.15) is 13.2 Å². The SMILES string of the molecule is Nc1cc(S(=O)(=O)NCCSC(F)(F)F)ccc1[N+](=O)[O-]. The molecule has 12 heteroatoms. The number of nitro benzene ring substituents is 1. The van der Waals surface area contributed by atoms with Crippen molar-refractivity contribution in [3.63, 3.8) is 0 Å². The van der Waals surface area contributed by atoms with Crippen LogP contribution in [0.25, 0.3) is 0 Å². The molecular formula is C9H10F3N3O4S2. The summed E-state index contributed by atoms with van der Waals surface area (Å²) in [6, 6.07) is 2.74. The Kier molecular flexibility index (Phi) is 5.42. The standard InChI is InChI=1S/C9H10F3N3O4S2/c10-9(11,12)20-4-3-14-21(18,19)6-1-2-8(15(16)17)7(13)5-6/h1-2,5,14H,3-4,13H2. The van der Waals surface area contributed by atoms with Gasteiger partial charge >= 0.3 is 5.51 Å². The lowest BCUT2D eigenvalue weighted by Crippen LogP contribution is -2.26. The number of benzene rings is 1. The van der Waals surface area contributed by atoms with Crippen LogP contribution < -0.4 is 10.5 Å². The predicted octanol–water partition coefficient (Wildman–Crippen LogP) is 1.71. The summed E-state index contributed by atoms with van der Waals surface area (Å²) in [5, 5.41) is 10.5. The van der Waals surface area contributed by atoms with Crippen LogP contribution in [0.4, 0.5) is 24.5 Å². The highest BCUT2D eigenvalue weighted by Gasteiger charge is 2.28. The summed E-state index contributed by atoms with van der Waals surface area (Å²) in [6.07, 6.45) is 0. The van der Waals surface area contributed by atoms with Gasteiger partial charge in [0.2, 0.25) is 10.0 Å². The summed E-state index contributed by atoms with van der Waals surface area (Å²) in [7, 11) is -4.08. The molecule has 0 aliphatic carbocycles. The molecule has 0 aromatic heterocycles. The van der Waals surface area contributed by atoms with Crippen molar-refractivity contribution < 1.29 is 26.5 Å². The first kappa shape index (κ1) is 17.5. The molecule has 118 valence electrons. The van der Waals surface area contributed by atoms with E-state index in [9.17, 15) is 31.7 Å². The smallest absolute Gasteiger partial charge is 0.393 e. The molecule has 0 radical (unpaired) electrons. The first-order valence-electron chi connectivity index (χ1n) is 5.27. The van der Waals surface area contributed by atoms with Gasteiger partial charge in [-0.05, 0) is 23.9 Å². The maximum Gasteiger partial charge on any atom is 0.441 e. The quantitative estimate of drug-likeness (QED) is 0.351. The summed E-state index contributed by atoms with van der Waals surface area (Å²) < 4.78 is 61.1. The van der Waals surface area contributed by atoms with Gasteiger partial charge < -0.3 is 5.73 Å². The molecule has 0 fully saturated rings. The van der Waals surface area contributed by atoms with Gasteiger partial charge in [0.05, 0.1) is 9.82 Å². The molecule has 0 amide bonds. The Balaban J connectivity index is 2.75. The number of thioether (sulfide) groups is 1. The van der Waals surface area contributed by atoms with E-state index in [4.69, 9.17) is 5.73 Å². The molecule has 21 heavy (non-hydrogen) atoms. The van der Waals surface area contributed by atoms with Crippen molar-refractivity contribution in [1.29, 1.82) is 0 Å². The van der Waals surface area contributed by atoms with Crippen LogP contribution in [0.5, 0.6) is 0 Å². The van der Waals surface area contributed by atoms with Crippen molar-refractivity contribution in [2.24, 2.45) is 0 Å². The molecule has 0 heterocycles. The van der Waals surface area contributed by atoms with Crippen molar-refractivity contribution >= 4 is 33.2 Å². The van der Waals surface area contributed by atoms with E-state index in [-0.39, 0.29) is 22.3 Å². The average molecular weight is 345 g/mol. The second-order valence-corrected chi connectivity index (χ2v) is 6.60. The molecule has 3 N–H and O–H groups in total. The fourth-order valence-corrected chi connectivity index (χ4v) is 2.92. The Labute approximate surface area is 121 Å². The van der Waals surface area contributed by atoms with E-state index in [0.29, 0.717) is 0 Å². The molecule has 1 aromatic carbocycles. The molecule has 0 spiro atoms. The van der Waals surface area contributed by atoms with E-state index in [1.165, 1.54) is 0 Å². The highest BCUT2D eigenvalue weighted by molar-refractivity contribution is 8.00. The van der Waals surface area contributed by atoms with Crippen LogP contribution in [0.15, 0.2) is 23.1 Å². The van der Waals surface area contributed by atoms with Crippen LogP contribution in [0, 0.1) is 10.1 Å². The van der Waals surface area contributed by atoms with Crippen molar-refractivity contribution in [1.82, 2.24) is 4.72 Å². The van der Waals surface area contributed by atoms with Gasteiger partial charge in [-0.3, -0.25) is 10.1 Å². The number of nitrogens with one attached hydrogen (secondary N) is 1. The van der Waals surface area contributed by atoms with Crippen LogP contribution in [0.3, 0.4) is 0 Å². The summed E-state index contributed by atoms with van der Waals surface area (Å²) in [6.45, 7) is -0.441. The summed E-state index contributed by atoms with van der Waals surface area (Å²) in [5.74, 6) is -0.495. The van der Waals surface area contributed by atoms with Crippen LogP contribution in [0.2, 0.25) is 0 Å². The van der Waals surface area contributed by atoms with Gasteiger partial charge in [-0.15, -0.1) is 0 Å². The summed E-state index contributed by atoms with van der Waals surface area (Å²) >= 11 is -0.362. The fraction of sp³-hybridized carbons (Fsp3) is 0.333. The Morgan fingerprint density at radius 2 is 2.00 bits per heavy atom. The minimum atomic E-state index is -4.44. The number of hydrogen-bond donors (Lipinski definition) is 2. The van der Waals surface area contributed by atoms with Gasteiger partial charge in [0.15, 0.2) is 0 Å². The lowest BCUT2D eigenvalue weighted by molar-refractivity contribution is -0.383. The van der Waals surface area contributed by atoms with E-state index in [2.05, 4.69) is 0 Å². The third-order valence-corrected chi connectivity index (χ3v) is 4.36. The van der Waals surface area contributed by atoms with Crippen LogP contribution in [-0.4, -0.2) is 31.1 Å². The Hall–Kier alpha value is -1.53. The molecular weight excluding hydrogens is 335 g/mol. The number of rotatable bonds is 6. The number of halogens is 3. The Bertz CT molecular complexity index is 634. The number of hydrogen-bond acceptors (Lipinski definition) is 6. The van der Waals surface area contributed by atoms with Gasteiger partial charge in [-0.1, -0.05) is 0 Å². The third-order valence-electron chi connectivity index (χ3n) is 2.17. The average Bonchev–Trinajstić information content (AvgIpc) is 2.33. The number of nitrogens with two attached hydrogens (primary N) is 1. The molecule has 7 nitrogen and oxygen atoms in total. The zero-order valence-electron chi connectivity index (χ0n) is 10.3. The van der Waals surface area contributed by atoms with E-state index in [1.54, 1.807) is 0 Å². The molecule has 0 saturated carbocycles. The predicted molar refractivity (Wildman–Crippen MR) is 71.2 cm³/mol. The minimum absolute atomic E-state index is 0.354. The summed E-state index contributed by atoms with van der Waals surface area (Å²) in [5.41, 5.74) is 0.0919. The van der Waals surface area contributed by atoms with E-state index >= 15 is 0 Å². The van der Waals surface area contributed by atoms with Gasteiger partial charge in [0, 0.05) is 18.4 Å². The molecule has 1 rings (SSSR count). The maximum atomic E-state index is 11.9. The Morgan fingerprint density at radius 1 is 1.38 bits per heavy atom. The van der Waals surface area contributed by atoms with Gasteiger partial charge in [0.1, 0.15) is 5.69 Å². The van der Waals surface area contributed by atoms with Crippen LogP contribution in [0.1, 0.15) is 0 Å². The van der Waals surface area contributed by atoms with Crippen molar-refractivity contribution in [2.75, 3.05) is 18.0 Å². The molecule has 0 saturated heterocycles. The normalized spacial score (nSPS) is 12.3. The van der Waals surface area contributed by atoms with Crippen molar-refractivity contribution in [3.8, 4) is 0 Å². The van der Waals surface area contributed by atoms with Crippen LogP contribution in [-0.2, 0) is 10.0 Å². The molecule has 1 aromatic rings. The third kappa shape index (κ3) is 5.40. The molecule has 0 bridgehead atoms. The lowest BCUT2D eigenvalue weighted by atomic mass is 10.3. The largest absolute Gasteiger partial charge is 0.441 e. The van der Waals surface area contributed by atoms with E-state index < -0.39 is 38.4 Å². The number of nitrogen functional groups attached to an aromatic ring is 1. The highest BCUT2D eigenvalue weighted by atomic mass is 32.2. The number of nitro groups is 1. The number of nitrogens with zero attached hydrogens (tertiary/aromatic N) is 1. The second kappa shape index (κ2) is 6.49. The monoisotopic (exact) mass is 345 g/mol. The fourth-order valence-electron chi connectivity index (χ4n) is 1.29. The number of alkyl halides is 3. The van der Waals surface area contributed by atoms with E-state index in [1.807, 2.05) is 4.72 Å². The Morgan fingerprint density at radius 3 is 2.48 bits per heavy atom. The zero-order chi connectivity index (χ0) is 16.3. The molecule has 0 unspecified atom stereocenters. The first-order valence-corrected chi connectivity index (χ1v) is 7.74. The topological polar surface area (TPSA) is 115 Å². The highest BCUT2D eigenvalue weighted by Crippen LogP contribution is 2.29. The van der Waals surface area contributed by atoms with Crippen LogP contribution >= 0.6 is 11.8 Å². The molecule has 0 atom stereocenters. The molecule has 0 aliphatic heterocycles. The maximum absolute atomic E-state index is 11.9. The van der Waals surface area contributed by atoms with Crippen molar-refractivity contribution in [2.45, 2.75) is 10.4 Å². The molecule has 0 aliphatic rings. The first-order chi connectivity index (χ1) is 9.53. The minimum Gasteiger partial charge on any atom is -0.393 e. The zero-order valence-corrected chi connectivity index (χ0v) is 11.9. The lowest BCUT2D eigenvalue weighted by Gasteiger charge is -2.08.